The molecule has 0 radical (unpaired) electrons. The largest absolute Gasteiger partial charge is 0.455 e. The minimum Gasteiger partial charge on any atom is -0.455 e. The van der Waals surface area contributed by atoms with E-state index in [0.29, 0.717) is 5.75 Å². The fraction of sp³-hybridized carbons (Fsp3) is 0. The fourth-order valence-corrected chi connectivity index (χ4v) is 2.01. The molecule has 0 spiro atoms. The second kappa shape index (κ2) is 4.67. The van der Waals surface area contributed by atoms with Crippen molar-refractivity contribution in [3.05, 3.63) is 48.8 Å². The molecule has 0 saturated heterocycles. The Hall–Kier alpha value is -1.68. The highest BCUT2D eigenvalue weighted by molar-refractivity contribution is 7.60. The second-order valence-corrected chi connectivity index (χ2v) is 4.87. The van der Waals surface area contributed by atoms with Gasteiger partial charge in [0.05, 0.1) is 6.20 Å². The topological polar surface area (TPSA) is 79.7 Å². The van der Waals surface area contributed by atoms with Crippen LogP contribution < -0.4 is 10.0 Å². The molecule has 0 aliphatic carbocycles. The number of rotatable bonds is 3. The van der Waals surface area contributed by atoms with Gasteiger partial charge in [0.25, 0.3) is 0 Å². The van der Waals surface area contributed by atoms with Crippen molar-refractivity contribution in [2.75, 3.05) is 0 Å². The van der Waals surface area contributed by atoms with Crippen molar-refractivity contribution in [1.82, 2.24) is 4.98 Å². The number of hydrogen-bond acceptors (Lipinski definition) is 3. The third kappa shape index (κ3) is 2.91. The maximum atomic E-state index is 11.2. The van der Waals surface area contributed by atoms with Crippen molar-refractivity contribution in [3.8, 4) is 11.5 Å². The molecule has 88 valence electrons. The molecule has 1 aromatic carbocycles. The monoisotopic (exact) mass is 251 g/mol. The van der Waals surface area contributed by atoms with E-state index in [1.807, 2.05) is 0 Å². The van der Waals surface area contributed by atoms with Crippen LogP contribution in [-0.4, -0.2) is 14.8 Å². The minimum atomic E-state index is -4.34. The Balaban J connectivity index is 2.37. The minimum absolute atomic E-state index is 0.133. The first-order valence-corrected chi connectivity index (χ1v) is 6.41. The van der Waals surface area contributed by atoms with Gasteiger partial charge in [-0.1, -0.05) is 12.1 Å². The number of hydrogen-bond donors (Lipinski definition) is 2. The van der Waals surface area contributed by atoms with Gasteiger partial charge in [-0.15, -0.1) is 0 Å². The summed E-state index contributed by atoms with van der Waals surface area (Å²) in [7, 11) is -4.34. The first kappa shape index (κ1) is 11.8. The van der Waals surface area contributed by atoms with Gasteiger partial charge in [-0.3, -0.25) is 9.55 Å². The third-order valence-corrected chi connectivity index (χ3v) is 3.04. The number of benzene rings is 1. The van der Waals surface area contributed by atoms with Crippen LogP contribution in [0.3, 0.4) is 0 Å². The highest BCUT2D eigenvalue weighted by atomic mass is 31.2. The summed E-state index contributed by atoms with van der Waals surface area (Å²) in [4.78, 5) is 22.2. The summed E-state index contributed by atoms with van der Waals surface area (Å²) in [6.07, 6.45) is 3.05. The lowest BCUT2D eigenvalue weighted by Gasteiger charge is -2.11. The summed E-state index contributed by atoms with van der Waals surface area (Å²) < 4.78 is 16.6. The molecule has 2 rings (SSSR count). The van der Waals surface area contributed by atoms with E-state index in [1.165, 1.54) is 18.3 Å². The SMILES string of the molecule is O=P(O)(O)c1ccccc1Oc1cccnc1. The molecule has 6 heteroatoms. The van der Waals surface area contributed by atoms with E-state index in [9.17, 15) is 4.57 Å². The Morgan fingerprint density at radius 2 is 1.88 bits per heavy atom. The number of ether oxygens (including phenoxy) is 1. The summed E-state index contributed by atoms with van der Waals surface area (Å²) >= 11 is 0. The van der Waals surface area contributed by atoms with Gasteiger partial charge in [0.1, 0.15) is 16.8 Å². The van der Waals surface area contributed by atoms with Gasteiger partial charge in [0, 0.05) is 6.20 Å². The van der Waals surface area contributed by atoms with Crippen LogP contribution in [0.25, 0.3) is 0 Å². The van der Waals surface area contributed by atoms with Gasteiger partial charge in [-0.2, -0.15) is 0 Å². The second-order valence-electron chi connectivity index (χ2n) is 3.30. The van der Waals surface area contributed by atoms with E-state index < -0.39 is 7.60 Å². The quantitative estimate of drug-likeness (QED) is 0.811. The van der Waals surface area contributed by atoms with Gasteiger partial charge in [0.15, 0.2) is 0 Å². The van der Waals surface area contributed by atoms with Crippen LogP contribution in [0.15, 0.2) is 48.8 Å². The first-order chi connectivity index (χ1) is 8.07. The highest BCUT2D eigenvalue weighted by Gasteiger charge is 2.22. The molecule has 0 bridgehead atoms. The highest BCUT2D eigenvalue weighted by Crippen LogP contribution is 2.38. The summed E-state index contributed by atoms with van der Waals surface area (Å²) in [5.74, 6) is 0.558. The molecule has 0 aliphatic heterocycles. The molecule has 1 aromatic heterocycles. The van der Waals surface area contributed by atoms with Gasteiger partial charge >= 0.3 is 7.60 Å². The van der Waals surface area contributed by atoms with Gasteiger partial charge in [-0.25, -0.2) is 0 Å². The number of pyridine rings is 1. The van der Waals surface area contributed by atoms with Crippen LogP contribution in [0.4, 0.5) is 0 Å². The molecular weight excluding hydrogens is 241 g/mol. The fourth-order valence-electron chi connectivity index (χ4n) is 1.32. The standard InChI is InChI=1S/C11H10NO4P/c13-17(14,15)11-6-2-1-5-10(11)16-9-4-3-7-12-8-9/h1-8H,(H2,13,14,15). The Bertz CT molecular complexity index is 552. The Morgan fingerprint density at radius 1 is 1.12 bits per heavy atom. The predicted molar refractivity (Wildman–Crippen MR) is 62.4 cm³/mol. The maximum Gasteiger partial charge on any atom is 0.359 e. The zero-order valence-corrected chi connectivity index (χ0v) is 9.62. The molecule has 5 nitrogen and oxygen atoms in total. The molecule has 17 heavy (non-hydrogen) atoms. The average molecular weight is 251 g/mol. The number of aromatic nitrogens is 1. The first-order valence-electron chi connectivity index (χ1n) is 4.80. The molecule has 0 fully saturated rings. The summed E-state index contributed by atoms with van der Waals surface area (Å²) in [6.45, 7) is 0. The van der Waals surface area contributed by atoms with Crippen molar-refractivity contribution >= 4 is 12.9 Å². The zero-order chi connectivity index (χ0) is 12.3. The van der Waals surface area contributed by atoms with E-state index in [4.69, 9.17) is 14.5 Å². The molecule has 1 heterocycles. The van der Waals surface area contributed by atoms with Crippen LogP contribution in [0.2, 0.25) is 0 Å². The molecule has 2 aromatic rings. The molecule has 0 unspecified atom stereocenters. The summed E-state index contributed by atoms with van der Waals surface area (Å²) in [6, 6.07) is 9.36. The number of para-hydroxylation sites is 1. The lowest BCUT2D eigenvalue weighted by molar-refractivity contribution is 0.385. The van der Waals surface area contributed by atoms with Crippen LogP contribution >= 0.6 is 7.60 Å². The van der Waals surface area contributed by atoms with E-state index in [1.54, 1.807) is 30.5 Å². The smallest absolute Gasteiger partial charge is 0.359 e. The molecule has 0 atom stereocenters. The van der Waals surface area contributed by atoms with Gasteiger partial charge in [-0.05, 0) is 24.3 Å². The van der Waals surface area contributed by atoms with Gasteiger partial charge < -0.3 is 14.5 Å². The molecular formula is C11H10NO4P. The van der Waals surface area contributed by atoms with Gasteiger partial charge in [0.2, 0.25) is 0 Å². The van der Waals surface area contributed by atoms with Crippen LogP contribution in [0.1, 0.15) is 0 Å². The van der Waals surface area contributed by atoms with Crippen molar-refractivity contribution < 1.29 is 19.1 Å². The normalized spacial score (nSPS) is 11.2. The Kier molecular flexibility index (Phi) is 3.24. The lowest BCUT2D eigenvalue weighted by atomic mass is 10.3. The third-order valence-electron chi connectivity index (χ3n) is 2.04. The summed E-state index contributed by atoms with van der Waals surface area (Å²) in [5, 5.41) is -0.135. The van der Waals surface area contributed by atoms with E-state index in [0.717, 1.165) is 0 Å². The average Bonchev–Trinajstić information content (AvgIpc) is 2.30. The summed E-state index contributed by atoms with van der Waals surface area (Å²) in [5.41, 5.74) is 0. The van der Waals surface area contributed by atoms with E-state index >= 15 is 0 Å². The zero-order valence-electron chi connectivity index (χ0n) is 8.72. The Morgan fingerprint density at radius 3 is 2.53 bits per heavy atom. The Labute approximate surface area is 97.9 Å². The molecule has 0 saturated carbocycles. The van der Waals surface area contributed by atoms with E-state index in [2.05, 4.69) is 4.98 Å². The van der Waals surface area contributed by atoms with Crippen LogP contribution in [0.5, 0.6) is 11.5 Å². The lowest BCUT2D eigenvalue weighted by Crippen LogP contribution is -2.07. The van der Waals surface area contributed by atoms with E-state index in [-0.39, 0.29) is 11.1 Å². The molecule has 2 N–H and O–H groups in total. The van der Waals surface area contributed by atoms with Crippen molar-refractivity contribution in [3.63, 3.8) is 0 Å². The number of nitrogens with zero attached hydrogens (tertiary/aromatic N) is 1. The van der Waals surface area contributed by atoms with Crippen LogP contribution in [0, 0.1) is 0 Å². The van der Waals surface area contributed by atoms with Crippen molar-refractivity contribution in [2.24, 2.45) is 0 Å². The predicted octanol–water partition coefficient (Wildman–Crippen LogP) is 1.68. The molecule has 0 aliphatic rings. The molecule has 0 amide bonds. The maximum absolute atomic E-state index is 11.2. The van der Waals surface area contributed by atoms with Crippen molar-refractivity contribution in [2.45, 2.75) is 0 Å². The van der Waals surface area contributed by atoms with Crippen molar-refractivity contribution in [1.29, 1.82) is 0 Å². The van der Waals surface area contributed by atoms with Crippen LogP contribution in [-0.2, 0) is 4.57 Å².